The predicted molar refractivity (Wildman–Crippen MR) is 8.66 cm³/mol. The second kappa shape index (κ2) is 29.1. The van der Waals surface area contributed by atoms with E-state index in [1.165, 1.54) is 0 Å². The van der Waals surface area contributed by atoms with Gasteiger partial charge >= 0.3 is 64.8 Å². The molecule has 0 aliphatic carbocycles. The normalized spacial score (nSPS) is 1.20. The molecule has 0 aliphatic rings. The minimum Gasteiger partial charge on any atom is 2.00 e. The fourth-order valence-electron chi connectivity index (χ4n) is 0. The van der Waals surface area contributed by atoms with Gasteiger partial charge in [0.05, 0.1) is 0 Å². The molecule has 0 unspecified atom stereocenters. The molecule has 0 saturated carbocycles. The summed E-state index contributed by atoms with van der Waals surface area (Å²) in [5.74, 6) is 0. The fourth-order valence-corrected chi connectivity index (χ4v) is 0. The molecular formula is H2CuFeNiOSr. The minimum absolute atomic E-state index is 0. The molecule has 0 saturated heterocycles. The first-order chi connectivity index (χ1) is 1.00. The quantitative estimate of drug-likeness (QED) is 0.559. The zero-order chi connectivity index (χ0) is 2.00. The maximum Gasteiger partial charge on any atom is 2.00 e. The minimum atomic E-state index is 0. The van der Waals surface area contributed by atoms with Gasteiger partial charge in [-0.1, -0.05) is 0 Å². The van der Waals surface area contributed by atoms with E-state index in [9.17, 15) is 0 Å². The zero-order valence-corrected chi connectivity index (χ0v) is 8.60. The monoisotopic (exact) mass is 283 g/mol. The Balaban J connectivity index is -0.000000000500. The van der Waals surface area contributed by atoms with Crippen LogP contribution in [0.15, 0.2) is 0 Å². The standard InChI is InChI=1S/Cu.Fe.Ni.O.Sr.2H/q;;;;+2;2*-1. The van der Waals surface area contributed by atoms with Gasteiger partial charge in [0.2, 0.25) is 0 Å². The summed E-state index contributed by atoms with van der Waals surface area (Å²) in [6.07, 6.45) is 0. The van der Waals surface area contributed by atoms with Gasteiger partial charge < -0.3 is 2.85 Å². The van der Waals surface area contributed by atoms with Crippen molar-refractivity contribution in [2.75, 3.05) is 0 Å². The van der Waals surface area contributed by atoms with Crippen molar-refractivity contribution in [1.82, 2.24) is 0 Å². The number of hydrogen-bond donors (Lipinski definition) is 0. The van der Waals surface area contributed by atoms with Crippen LogP contribution in [0.3, 0.4) is 0 Å². The van der Waals surface area contributed by atoms with Crippen molar-refractivity contribution >= 4 is 45.5 Å². The molecule has 0 atom stereocenters. The first-order valence-corrected chi connectivity index (χ1v) is 0.532. The molecule has 0 rings (SSSR count). The largest absolute Gasteiger partial charge is 2.00 e. The van der Waals surface area contributed by atoms with Gasteiger partial charge in [-0.05, 0) is 0 Å². The predicted octanol–water partition coefficient (Wildman–Crippen LogP) is -0.282. The third-order valence-electron chi connectivity index (χ3n) is 0. The second-order valence-corrected chi connectivity index (χ2v) is 0. The van der Waals surface area contributed by atoms with Crippen molar-refractivity contribution in [1.29, 1.82) is 0 Å². The molecule has 1 radical (unpaired) electrons. The summed E-state index contributed by atoms with van der Waals surface area (Å²) in [5.41, 5.74) is 0. The van der Waals surface area contributed by atoms with Crippen LogP contribution in [0.2, 0.25) is 0 Å². The van der Waals surface area contributed by atoms with Crippen LogP contribution >= 0.6 is 0 Å². The Morgan fingerprint density at radius 1 is 1.40 bits per heavy atom. The molecule has 0 aromatic heterocycles. The Bertz CT molecular complexity index is 17.7. The summed E-state index contributed by atoms with van der Waals surface area (Å²) in [6.45, 7) is 0. The Hall–Kier alpha value is 2.81. The van der Waals surface area contributed by atoms with Crippen molar-refractivity contribution in [3.63, 3.8) is 0 Å². The van der Waals surface area contributed by atoms with Crippen LogP contribution in [0.5, 0.6) is 0 Å². The Morgan fingerprint density at radius 3 is 1.40 bits per heavy atom. The summed E-state index contributed by atoms with van der Waals surface area (Å²) < 4.78 is 7.88. The average Bonchev–Trinajstić information content (AvgIpc) is 1.00. The van der Waals surface area contributed by atoms with Crippen molar-refractivity contribution < 1.29 is 56.3 Å². The number of rotatable bonds is 0. The SMILES string of the molecule is [Cu].[Fe].[H-].[H-].[O]=[Ni].[Sr+2]. The van der Waals surface area contributed by atoms with E-state index in [2.05, 4.69) is 15.4 Å². The fraction of sp³-hybridized carbons (Fsp3) is 0. The van der Waals surface area contributed by atoms with E-state index in [1.54, 1.807) is 0 Å². The van der Waals surface area contributed by atoms with Gasteiger partial charge in [-0.15, -0.1) is 0 Å². The molecule has 5 heavy (non-hydrogen) atoms. The van der Waals surface area contributed by atoms with Gasteiger partial charge in [0.25, 0.3) is 0 Å². The number of hydrogen-bond acceptors (Lipinski definition) is 1. The Kier molecular flexibility index (Phi) is 145. The molecule has 0 aliphatic heterocycles. The van der Waals surface area contributed by atoms with Crippen LogP contribution in [-0.2, 0) is 53.4 Å². The van der Waals surface area contributed by atoms with Crippen LogP contribution < -0.4 is 0 Å². The molecular weight excluding hydrogens is 282 g/mol. The van der Waals surface area contributed by atoms with Gasteiger partial charge in [-0.25, -0.2) is 0 Å². The van der Waals surface area contributed by atoms with Crippen molar-refractivity contribution in [2.45, 2.75) is 0 Å². The zero-order valence-electron chi connectivity index (χ0n) is 4.09. The molecule has 39 valence electrons. The van der Waals surface area contributed by atoms with E-state index in [1.807, 2.05) is 0 Å². The molecule has 0 spiro atoms. The summed E-state index contributed by atoms with van der Waals surface area (Å²) in [5, 5.41) is 0. The van der Waals surface area contributed by atoms with Crippen LogP contribution in [0.25, 0.3) is 0 Å². The molecule has 0 heterocycles. The third kappa shape index (κ3) is 19.9. The van der Waals surface area contributed by atoms with Crippen LogP contribution in [0.1, 0.15) is 2.85 Å². The molecule has 0 aromatic rings. The average molecular weight is 284 g/mol. The summed E-state index contributed by atoms with van der Waals surface area (Å²) >= 11 is 2.62. The molecule has 0 aromatic carbocycles. The van der Waals surface area contributed by atoms with Crippen molar-refractivity contribution in [3.05, 3.63) is 0 Å². The second-order valence-electron chi connectivity index (χ2n) is 0. The van der Waals surface area contributed by atoms with Gasteiger partial charge in [0, 0.05) is 34.1 Å². The first-order valence-electron chi connectivity index (χ1n) is 0.129. The molecule has 1 nitrogen and oxygen atoms in total. The molecule has 0 amide bonds. The summed E-state index contributed by atoms with van der Waals surface area (Å²) in [7, 11) is 0. The van der Waals surface area contributed by atoms with Crippen LogP contribution in [0, 0.1) is 0 Å². The maximum atomic E-state index is 7.88. The smallest absolute Gasteiger partial charge is 2.00 e. The summed E-state index contributed by atoms with van der Waals surface area (Å²) in [6, 6.07) is 0. The van der Waals surface area contributed by atoms with Gasteiger partial charge in [-0.3, -0.25) is 0 Å². The van der Waals surface area contributed by atoms with E-state index in [-0.39, 0.29) is 82.5 Å². The topological polar surface area (TPSA) is 17.1 Å². The molecule has 0 bridgehead atoms. The van der Waals surface area contributed by atoms with Crippen LogP contribution in [0.4, 0.5) is 0 Å². The summed E-state index contributed by atoms with van der Waals surface area (Å²) in [4.78, 5) is 0. The molecule has 5 heteroatoms. The van der Waals surface area contributed by atoms with E-state index in [0.717, 1.165) is 0 Å². The third-order valence-corrected chi connectivity index (χ3v) is 0. The van der Waals surface area contributed by atoms with E-state index >= 15 is 0 Å². The molecule has 0 fully saturated rings. The van der Waals surface area contributed by atoms with Gasteiger partial charge in [0.1, 0.15) is 0 Å². The maximum absolute atomic E-state index is 7.88. The van der Waals surface area contributed by atoms with E-state index < -0.39 is 0 Å². The van der Waals surface area contributed by atoms with Crippen LogP contribution in [-0.4, -0.2) is 45.5 Å². The Morgan fingerprint density at radius 2 is 1.40 bits per heavy atom. The van der Waals surface area contributed by atoms with E-state index in [0.29, 0.717) is 0 Å². The Labute approximate surface area is 99.8 Å². The van der Waals surface area contributed by atoms with E-state index in [4.69, 9.17) is 3.90 Å². The molecule has 0 N–H and O–H groups in total. The van der Waals surface area contributed by atoms with Gasteiger partial charge in [0.15, 0.2) is 0 Å². The van der Waals surface area contributed by atoms with Crippen molar-refractivity contribution in [3.8, 4) is 0 Å². The van der Waals surface area contributed by atoms with Crippen molar-refractivity contribution in [2.24, 2.45) is 0 Å². The first kappa shape index (κ1) is 24.9. The van der Waals surface area contributed by atoms with Gasteiger partial charge in [-0.2, -0.15) is 0 Å².